The first kappa shape index (κ1) is 10.4. The Morgan fingerprint density at radius 3 is 2.88 bits per heavy atom. The van der Waals surface area contributed by atoms with E-state index in [2.05, 4.69) is 20.3 Å². The molecule has 1 fully saturated rings. The molecule has 0 atom stereocenters. The Kier molecular flexibility index (Phi) is 2.59. The molecule has 2 heterocycles. The fourth-order valence-electron chi connectivity index (χ4n) is 2.51. The van der Waals surface area contributed by atoms with E-state index in [0.29, 0.717) is 12.0 Å². The normalized spacial score (nSPS) is 17.4. The highest BCUT2D eigenvalue weighted by Gasteiger charge is 2.15. The van der Waals surface area contributed by atoms with E-state index in [1.165, 1.54) is 32.1 Å². The van der Waals surface area contributed by atoms with Gasteiger partial charge in [0.25, 0.3) is 0 Å². The third kappa shape index (κ3) is 2.05. The molecule has 0 aromatic carbocycles. The molecule has 5 nitrogen and oxygen atoms in total. The van der Waals surface area contributed by atoms with E-state index >= 15 is 0 Å². The second-order valence-electron chi connectivity index (χ2n) is 4.65. The first-order valence-electron chi connectivity index (χ1n) is 6.20. The van der Waals surface area contributed by atoms with E-state index in [1.54, 1.807) is 0 Å². The number of hydrogen-bond acceptors (Lipinski definition) is 4. The Balaban J connectivity index is 1.90. The van der Waals surface area contributed by atoms with Crippen LogP contribution >= 0.6 is 0 Å². The predicted molar refractivity (Wildman–Crippen MR) is 68.8 cm³/mol. The van der Waals surface area contributed by atoms with Crippen LogP contribution in [0.1, 0.15) is 32.1 Å². The lowest BCUT2D eigenvalue weighted by atomic mass is 9.95. The number of nitrogens with two attached hydrogens (primary N) is 1. The van der Waals surface area contributed by atoms with Crippen molar-refractivity contribution >= 4 is 22.8 Å². The van der Waals surface area contributed by atoms with E-state index in [0.717, 1.165) is 16.9 Å². The van der Waals surface area contributed by atoms with Crippen molar-refractivity contribution in [1.82, 2.24) is 15.0 Å². The molecule has 0 amide bonds. The summed E-state index contributed by atoms with van der Waals surface area (Å²) in [5.41, 5.74) is 6.51. The highest BCUT2D eigenvalue weighted by molar-refractivity contribution is 5.88. The summed E-state index contributed by atoms with van der Waals surface area (Å²) in [5, 5.41) is 4.52. The zero-order valence-corrected chi connectivity index (χ0v) is 9.74. The Bertz CT molecular complexity index is 513. The van der Waals surface area contributed by atoms with Crippen LogP contribution in [0, 0.1) is 0 Å². The van der Waals surface area contributed by atoms with Crippen molar-refractivity contribution in [3.8, 4) is 0 Å². The van der Waals surface area contributed by atoms with Crippen LogP contribution in [0.3, 0.4) is 0 Å². The monoisotopic (exact) mass is 231 g/mol. The number of H-pyrrole nitrogens is 1. The van der Waals surface area contributed by atoms with Gasteiger partial charge < -0.3 is 16.0 Å². The van der Waals surface area contributed by atoms with E-state index in [9.17, 15) is 0 Å². The fourth-order valence-corrected chi connectivity index (χ4v) is 2.51. The van der Waals surface area contributed by atoms with Gasteiger partial charge in [-0.05, 0) is 18.9 Å². The summed E-state index contributed by atoms with van der Waals surface area (Å²) in [6.07, 6.45) is 8.25. The molecule has 1 saturated carbocycles. The lowest BCUT2D eigenvalue weighted by molar-refractivity contribution is 0.462. The molecule has 3 rings (SSSR count). The lowest BCUT2D eigenvalue weighted by Crippen LogP contribution is -2.23. The average Bonchev–Trinajstić information content (AvgIpc) is 2.78. The van der Waals surface area contributed by atoms with Gasteiger partial charge in [-0.2, -0.15) is 9.97 Å². The Labute approximate surface area is 99.8 Å². The average molecular weight is 231 g/mol. The van der Waals surface area contributed by atoms with Crippen molar-refractivity contribution in [2.75, 3.05) is 11.1 Å². The second kappa shape index (κ2) is 4.24. The lowest BCUT2D eigenvalue weighted by Gasteiger charge is -2.23. The molecule has 5 heteroatoms. The molecular formula is C12H17N5. The first-order valence-corrected chi connectivity index (χ1v) is 6.20. The van der Waals surface area contributed by atoms with Gasteiger partial charge in [0.05, 0.1) is 5.39 Å². The number of aromatic amines is 1. The summed E-state index contributed by atoms with van der Waals surface area (Å²) in [5.74, 6) is 1.18. The van der Waals surface area contributed by atoms with Crippen molar-refractivity contribution in [1.29, 1.82) is 0 Å². The minimum atomic E-state index is 0.318. The molecule has 1 aliphatic rings. The van der Waals surface area contributed by atoms with Crippen LogP contribution < -0.4 is 11.1 Å². The van der Waals surface area contributed by atoms with Crippen LogP contribution in [-0.4, -0.2) is 21.0 Å². The van der Waals surface area contributed by atoms with Crippen molar-refractivity contribution in [2.24, 2.45) is 0 Å². The van der Waals surface area contributed by atoms with Crippen molar-refractivity contribution in [3.63, 3.8) is 0 Å². The van der Waals surface area contributed by atoms with Gasteiger partial charge in [0.2, 0.25) is 5.95 Å². The second-order valence-corrected chi connectivity index (χ2v) is 4.65. The standard InChI is InChI=1S/C12H17N5/c13-12-16-10-9(6-7-14-10)11(17-12)15-8-4-2-1-3-5-8/h6-8H,1-5H2,(H4,13,14,15,16,17). The van der Waals surface area contributed by atoms with Crippen LogP contribution in [0.25, 0.3) is 11.0 Å². The maximum absolute atomic E-state index is 5.71. The summed E-state index contributed by atoms with van der Waals surface area (Å²) < 4.78 is 0. The zero-order chi connectivity index (χ0) is 11.7. The maximum Gasteiger partial charge on any atom is 0.223 e. The van der Waals surface area contributed by atoms with Crippen molar-refractivity contribution in [2.45, 2.75) is 38.1 Å². The van der Waals surface area contributed by atoms with Crippen LogP contribution in [0.5, 0.6) is 0 Å². The number of nitrogens with one attached hydrogen (secondary N) is 2. The maximum atomic E-state index is 5.71. The molecule has 0 saturated heterocycles. The van der Waals surface area contributed by atoms with Gasteiger partial charge in [0.1, 0.15) is 11.5 Å². The van der Waals surface area contributed by atoms with Gasteiger partial charge >= 0.3 is 0 Å². The van der Waals surface area contributed by atoms with Gasteiger partial charge in [0, 0.05) is 12.2 Å². The molecule has 0 unspecified atom stereocenters. The molecular weight excluding hydrogens is 214 g/mol. The van der Waals surface area contributed by atoms with E-state index < -0.39 is 0 Å². The van der Waals surface area contributed by atoms with Crippen molar-refractivity contribution in [3.05, 3.63) is 12.3 Å². The predicted octanol–water partition coefficient (Wildman–Crippen LogP) is 2.28. The number of fused-ring (bicyclic) bond motifs is 1. The van der Waals surface area contributed by atoms with Gasteiger partial charge in [-0.15, -0.1) is 0 Å². The van der Waals surface area contributed by atoms with Gasteiger partial charge in [0.15, 0.2) is 0 Å². The molecule has 0 aliphatic heterocycles. The summed E-state index contributed by atoms with van der Waals surface area (Å²) in [6, 6.07) is 2.51. The zero-order valence-electron chi connectivity index (χ0n) is 9.74. The third-order valence-electron chi connectivity index (χ3n) is 3.38. The van der Waals surface area contributed by atoms with Crippen LogP contribution in [0.2, 0.25) is 0 Å². The Morgan fingerprint density at radius 2 is 2.06 bits per heavy atom. The topological polar surface area (TPSA) is 79.6 Å². The third-order valence-corrected chi connectivity index (χ3v) is 3.38. The number of rotatable bonds is 2. The SMILES string of the molecule is Nc1nc(NC2CCCCC2)c2cc[nH]c2n1. The number of anilines is 2. The van der Waals surface area contributed by atoms with Crippen molar-refractivity contribution < 1.29 is 0 Å². The summed E-state index contributed by atoms with van der Waals surface area (Å²) in [6.45, 7) is 0. The summed E-state index contributed by atoms with van der Waals surface area (Å²) in [4.78, 5) is 11.5. The Hall–Kier alpha value is -1.78. The van der Waals surface area contributed by atoms with E-state index in [1.807, 2.05) is 12.3 Å². The largest absolute Gasteiger partial charge is 0.368 e. The van der Waals surface area contributed by atoms with Gasteiger partial charge in [-0.1, -0.05) is 19.3 Å². The van der Waals surface area contributed by atoms with Crippen LogP contribution in [0.4, 0.5) is 11.8 Å². The minimum Gasteiger partial charge on any atom is -0.368 e. The number of hydrogen-bond donors (Lipinski definition) is 3. The first-order chi connectivity index (χ1) is 8.33. The minimum absolute atomic E-state index is 0.318. The van der Waals surface area contributed by atoms with E-state index in [-0.39, 0.29) is 0 Å². The molecule has 0 radical (unpaired) electrons. The van der Waals surface area contributed by atoms with Crippen LogP contribution in [0.15, 0.2) is 12.3 Å². The quantitative estimate of drug-likeness (QED) is 0.740. The highest BCUT2D eigenvalue weighted by Crippen LogP contribution is 2.25. The smallest absolute Gasteiger partial charge is 0.223 e. The molecule has 4 N–H and O–H groups in total. The van der Waals surface area contributed by atoms with Gasteiger partial charge in [-0.3, -0.25) is 0 Å². The summed E-state index contributed by atoms with van der Waals surface area (Å²) >= 11 is 0. The fraction of sp³-hybridized carbons (Fsp3) is 0.500. The van der Waals surface area contributed by atoms with Crippen LogP contribution in [-0.2, 0) is 0 Å². The molecule has 17 heavy (non-hydrogen) atoms. The number of aromatic nitrogens is 3. The van der Waals surface area contributed by atoms with Gasteiger partial charge in [-0.25, -0.2) is 0 Å². The van der Waals surface area contributed by atoms with E-state index in [4.69, 9.17) is 5.73 Å². The molecule has 2 aromatic rings. The highest BCUT2D eigenvalue weighted by atomic mass is 15.1. The molecule has 0 spiro atoms. The number of nitrogen functional groups attached to an aromatic ring is 1. The summed E-state index contributed by atoms with van der Waals surface area (Å²) in [7, 11) is 0. The number of nitrogens with zero attached hydrogens (tertiary/aromatic N) is 2. The molecule has 90 valence electrons. The molecule has 2 aromatic heterocycles. The Morgan fingerprint density at radius 1 is 1.24 bits per heavy atom. The molecule has 1 aliphatic carbocycles. The molecule has 0 bridgehead atoms.